The summed E-state index contributed by atoms with van der Waals surface area (Å²) in [6.07, 6.45) is 0. The van der Waals surface area contributed by atoms with Gasteiger partial charge in [0.1, 0.15) is 0 Å². The molecular formula is C11H23N3. The summed E-state index contributed by atoms with van der Waals surface area (Å²) in [5.41, 5.74) is 0. The van der Waals surface area contributed by atoms with Gasteiger partial charge in [0.05, 0.1) is 5.82 Å². The first-order valence-electron chi connectivity index (χ1n) is 5.56. The Balaban J connectivity index is 2.44. The topological polar surface area (TPSA) is 9.72 Å². The fraction of sp³-hybridized carbons (Fsp3) is 0.818. The van der Waals surface area contributed by atoms with Crippen LogP contribution in [0.15, 0.2) is 12.4 Å². The molecule has 3 heteroatoms. The number of likely N-dealkylation sites (N-methyl/N-ethyl adjacent to an activating group) is 1. The second-order valence-corrected chi connectivity index (χ2v) is 3.88. The van der Waals surface area contributed by atoms with E-state index in [-0.39, 0.29) is 0 Å². The number of nitrogens with zero attached hydrogens (tertiary/aromatic N) is 3. The molecule has 1 saturated heterocycles. The molecule has 0 aliphatic carbocycles. The molecule has 0 radical (unpaired) electrons. The van der Waals surface area contributed by atoms with Gasteiger partial charge in [-0.15, -0.1) is 0 Å². The summed E-state index contributed by atoms with van der Waals surface area (Å²) < 4.78 is 0. The lowest BCUT2D eigenvalue weighted by Gasteiger charge is -2.39. The normalized spacial score (nSPS) is 18.4. The van der Waals surface area contributed by atoms with E-state index in [0.29, 0.717) is 0 Å². The van der Waals surface area contributed by atoms with Crippen LogP contribution in [-0.2, 0) is 0 Å². The predicted molar refractivity (Wildman–Crippen MR) is 61.1 cm³/mol. The van der Waals surface area contributed by atoms with Crippen molar-refractivity contribution in [2.75, 3.05) is 46.3 Å². The fourth-order valence-electron chi connectivity index (χ4n) is 1.85. The second-order valence-electron chi connectivity index (χ2n) is 3.88. The number of hydrogen-bond donors (Lipinski definition) is 0. The van der Waals surface area contributed by atoms with Gasteiger partial charge in [-0.2, -0.15) is 0 Å². The van der Waals surface area contributed by atoms with Crippen molar-refractivity contribution in [1.82, 2.24) is 14.7 Å². The minimum atomic E-state index is 1.06. The van der Waals surface area contributed by atoms with Crippen molar-refractivity contribution in [3.05, 3.63) is 12.4 Å². The molecule has 0 atom stereocenters. The van der Waals surface area contributed by atoms with E-state index in [9.17, 15) is 0 Å². The third kappa shape index (κ3) is 2.64. The number of rotatable bonds is 4. The van der Waals surface area contributed by atoms with Gasteiger partial charge in [0.25, 0.3) is 0 Å². The lowest BCUT2D eigenvalue weighted by atomic mass is 10.3. The highest BCUT2D eigenvalue weighted by Crippen LogP contribution is 2.10. The predicted octanol–water partition coefficient (Wildman–Crippen LogP) is 1.05. The molecule has 1 fully saturated rings. The van der Waals surface area contributed by atoms with Crippen molar-refractivity contribution < 1.29 is 0 Å². The van der Waals surface area contributed by atoms with Gasteiger partial charge in [-0.25, -0.2) is 0 Å². The third-order valence-electron chi connectivity index (χ3n) is 3.00. The first-order chi connectivity index (χ1) is 6.69. The summed E-state index contributed by atoms with van der Waals surface area (Å²) in [5, 5.41) is 0. The van der Waals surface area contributed by atoms with Crippen molar-refractivity contribution in [3.63, 3.8) is 0 Å². The van der Waals surface area contributed by atoms with E-state index in [1.807, 2.05) is 0 Å². The molecule has 3 nitrogen and oxygen atoms in total. The fourth-order valence-corrected chi connectivity index (χ4v) is 1.85. The first-order valence-corrected chi connectivity index (χ1v) is 5.56. The molecule has 0 aromatic carbocycles. The lowest BCUT2D eigenvalue weighted by Crippen LogP contribution is -2.47. The van der Waals surface area contributed by atoms with Crippen LogP contribution < -0.4 is 0 Å². The van der Waals surface area contributed by atoms with Crippen molar-refractivity contribution >= 4 is 0 Å². The highest BCUT2D eigenvalue weighted by atomic mass is 15.4. The molecule has 1 heterocycles. The van der Waals surface area contributed by atoms with E-state index in [4.69, 9.17) is 0 Å². The molecule has 14 heavy (non-hydrogen) atoms. The summed E-state index contributed by atoms with van der Waals surface area (Å²) in [4.78, 5) is 7.09. The van der Waals surface area contributed by atoms with E-state index in [1.165, 1.54) is 5.82 Å². The summed E-state index contributed by atoms with van der Waals surface area (Å²) >= 11 is 0. The van der Waals surface area contributed by atoms with Crippen LogP contribution in [0.4, 0.5) is 0 Å². The Kier molecular flexibility index (Phi) is 4.26. The molecular weight excluding hydrogens is 174 g/mol. The molecule has 0 amide bonds. The zero-order valence-electron chi connectivity index (χ0n) is 9.79. The Hall–Kier alpha value is -0.700. The zero-order valence-corrected chi connectivity index (χ0v) is 9.79. The van der Waals surface area contributed by atoms with Crippen molar-refractivity contribution in [2.45, 2.75) is 13.8 Å². The Morgan fingerprint density at radius 1 is 1.14 bits per heavy atom. The van der Waals surface area contributed by atoms with E-state index in [1.54, 1.807) is 0 Å². The minimum absolute atomic E-state index is 1.06. The summed E-state index contributed by atoms with van der Waals surface area (Å²) in [6, 6.07) is 0. The van der Waals surface area contributed by atoms with Crippen LogP contribution in [0.5, 0.6) is 0 Å². The molecule has 82 valence electrons. The lowest BCUT2D eigenvalue weighted by molar-refractivity contribution is 0.144. The molecule has 1 aliphatic heterocycles. The molecule has 0 spiro atoms. The molecule has 1 rings (SSSR count). The van der Waals surface area contributed by atoms with Gasteiger partial charge >= 0.3 is 0 Å². The van der Waals surface area contributed by atoms with Gasteiger partial charge in [0.15, 0.2) is 0 Å². The maximum absolute atomic E-state index is 4.18. The average Bonchev–Trinajstić information content (AvgIpc) is 2.20. The van der Waals surface area contributed by atoms with E-state index in [0.717, 1.165) is 39.3 Å². The van der Waals surface area contributed by atoms with Crippen LogP contribution in [0, 0.1) is 0 Å². The SMILES string of the molecule is C=C(N(CC)CC)N1CCN(C)CC1. The largest absolute Gasteiger partial charge is 0.359 e. The number of piperazine rings is 1. The van der Waals surface area contributed by atoms with E-state index in [2.05, 4.69) is 42.2 Å². The molecule has 0 aromatic rings. The van der Waals surface area contributed by atoms with Gasteiger partial charge in [-0.1, -0.05) is 6.58 Å². The van der Waals surface area contributed by atoms with Crippen molar-refractivity contribution in [1.29, 1.82) is 0 Å². The molecule has 1 aliphatic rings. The second kappa shape index (κ2) is 5.25. The van der Waals surface area contributed by atoms with E-state index >= 15 is 0 Å². The van der Waals surface area contributed by atoms with Crippen LogP contribution in [0.2, 0.25) is 0 Å². The zero-order chi connectivity index (χ0) is 10.6. The minimum Gasteiger partial charge on any atom is -0.359 e. The Labute approximate surface area is 88.0 Å². The quantitative estimate of drug-likeness (QED) is 0.667. The van der Waals surface area contributed by atoms with Crippen LogP contribution >= 0.6 is 0 Å². The molecule has 0 N–H and O–H groups in total. The smallest absolute Gasteiger partial charge is 0.0965 e. The van der Waals surface area contributed by atoms with Gasteiger partial charge in [-0.05, 0) is 20.9 Å². The van der Waals surface area contributed by atoms with Crippen LogP contribution in [0.1, 0.15) is 13.8 Å². The Bertz CT molecular complexity index is 179. The van der Waals surface area contributed by atoms with Gasteiger partial charge in [0, 0.05) is 39.3 Å². The third-order valence-corrected chi connectivity index (χ3v) is 3.00. The summed E-state index contributed by atoms with van der Waals surface area (Å²) in [7, 11) is 2.18. The molecule has 0 saturated carbocycles. The van der Waals surface area contributed by atoms with Crippen molar-refractivity contribution in [3.8, 4) is 0 Å². The standard InChI is InChI=1S/C11H23N3/c1-5-13(6-2)11(3)14-9-7-12(4)8-10-14/h3,5-10H2,1-2,4H3. The van der Waals surface area contributed by atoms with Gasteiger partial charge < -0.3 is 14.7 Å². The van der Waals surface area contributed by atoms with Crippen molar-refractivity contribution in [2.24, 2.45) is 0 Å². The first kappa shape index (κ1) is 11.4. The maximum atomic E-state index is 4.18. The Morgan fingerprint density at radius 2 is 1.64 bits per heavy atom. The van der Waals surface area contributed by atoms with E-state index < -0.39 is 0 Å². The van der Waals surface area contributed by atoms with Crippen LogP contribution in [0.25, 0.3) is 0 Å². The monoisotopic (exact) mass is 197 g/mol. The van der Waals surface area contributed by atoms with Gasteiger partial charge in [-0.3, -0.25) is 0 Å². The maximum Gasteiger partial charge on any atom is 0.0965 e. The number of hydrogen-bond acceptors (Lipinski definition) is 3. The van der Waals surface area contributed by atoms with Gasteiger partial charge in [0.2, 0.25) is 0 Å². The summed E-state index contributed by atoms with van der Waals surface area (Å²) in [6.45, 7) is 15.2. The Morgan fingerprint density at radius 3 is 2.07 bits per heavy atom. The van der Waals surface area contributed by atoms with Crippen LogP contribution in [0.3, 0.4) is 0 Å². The molecule has 0 unspecified atom stereocenters. The summed E-state index contributed by atoms with van der Waals surface area (Å²) in [5.74, 6) is 1.20. The average molecular weight is 197 g/mol. The highest BCUT2D eigenvalue weighted by Gasteiger charge is 2.17. The highest BCUT2D eigenvalue weighted by molar-refractivity contribution is 4.95. The van der Waals surface area contributed by atoms with Crippen LogP contribution in [-0.4, -0.2) is 61.0 Å². The molecule has 0 bridgehead atoms. The molecule has 0 aromatic heterocycles.